The molecular formula is C17H20N2O3S. The van der Waals surface area contributed by atoms with Crippen LogP contribution in [-0.2, 0) is 6.54 Å². The zero-order chi connectivity index (χ0) is 16.2. The van der Waals surface area contributed by atoms with Gasteiger partial charge in [0.1, 0.15) is 0 Å². The maximum atomic E-state index is 11.2. The summed E-state index contributed by atoms with van der Waals surface area (Å²) in [6.45, 7) is 1.49. The molecule has 0 saturated carbocycles. The number of hydrogen-bond donors (Lipinski definition) is 1. The largest absolute Gasteiger partial charge is 0.388 e. The summed E-state index contributed by atoms with van der Waals surface area (Å²) in [6.07, 6.45) is 2.33. The van der Waals surface area contributed by atoms with Gasteiger partial charge in [0, 0.05) is 29.1 Å². The summed E-state index contributed by atoms with van der Waals surface area (Å²) in [4.78, 5) is 14.1. The maximum absolute atomic E-state index is 11.2. The van der Waals surface area contributed by atoms with E-state index in [0.717, 1.165) is 29.8 Å². The molecule has 23 heavy (non-hydrogen) atoms. The summed E-state index contributed by atoms with van der Waals surface area (Å²) in [7, 11) is 0. The Labute approximate surface area is 139 Å². The first-order chi connectivity index (χ1) is 11.1. The van der Waals surface area contributed by atoms with Crippen molar-refractivity contribution in [3.63, 3.8) is 0 Å². The number of likely N-dealkylation sites (tertiary alicyclic amines) is 1. The maximum Gasteiger partial charge on any atom is 0.273 e. The number of hydrogen-bond acceptors (Lipinski definition) is 5. The van der Waals surface area contributed by atoms with E-state index < -0.39 is 6.10 Å². The Bertz CT molecular complexity index is 660. The Kier molecular flexibility index (Phi) is 5.05. The van der Waals surface area contributed by atoms with Gasteiger partial charge < -0.3 is 5.11 Å². The van der Waals surface area contributed by atoms with Crippen molar-refractivity contribution < 1.29 is 10.0 Å². The van der Waals surface area contributed by atoms with Crippen molar-refractivity contribution in [2.24, 2.45) is 0 Å². The van der Waals surface area contributed by atoms with Gasteiger partial charge in [-0.1, -0.05) is 24.3 Å². The Hall–Kier alpha value is -1.76. The van der Waals surface area contributed by atoms with Gasteiger partial charge in [-0.2, -0.15) is 0 Å². The molecule has 1 N–H and O–H groups in total. The lowest BCUT2D eigenvalue weighted by atomic mass is 10.0. The number of nitrogens with zero attached hydrogens (tertiary/aromatic N) is 2. The molecule has 2 atom stereocenters. The number of nitro groups is 1. The first-order valence-corrected chi connectivity index (χ1v) is 8.71. The third kappa shape index (κ3) is 3.77. The van der Waals surface area contributed by atoms with Crippen LogP contribution in [0, 0.1) is 10.1 Å². The second-order valence-electron chi connectivity index (χ2n) is 5.92. The van der Waals surface area contributed by atoms with Gasteiger partial charge in [0.2, 0.25) is 0 Å². The molecule has 0 radical (unpaired) electrons. The van der Waals surface area contributed by atoms with E-state index in [1.54, 1.807) is 23.5 Å². The third-order valence-electron chi connectivity index (χ3n) is 4.43. The Balaban J connectivity index is 1.69. The molecule has 1 aliphatic heterocycles. The lowest BCUT2D eigenvalue weighted by molar-refractivity contribution is -0.385. The van der Waals surface area contributed by atoms with Crippen LogP contribution in [0.5, 0.6) is 0 Å². The van der Waals surface area contributed by atoms with E-state index in [2.05, 4.69) is 4.90 Å². The van der Waals surface area contributed by atoms with E-state index in [9.17, 15) is 15.2 Å². The summed E-state index contributed by atoms with van der Waals surface area (Å²) in [5, 5.41) is 23.5. The van der Waals surface area contributed by atoms with Gasteiger partial charge in [0.15, 0.2) is 0 Å². The molecule has 1 aromatic heterocycles. The van der Waals surface area contributed by atoms with Crippen molar-refractivity contribution in [1.82, 2.24) is 4.90 Å². The van der Waals surface area contributed by atoms with Crippen LogP contribution >= 0.6 is 11.3 Å². The van der Waals surface area contributed by atoms with Crippen molar-refractivity contribution in [1.29, 1.82) is 0 Å². The first kappa shape index (κ1) is 16.1. The third-order valence-corrected chi connectivity index (χ3v) is 5.40. The molecule has 0 bridgehead atoms. The van der Waals surface area contributed by atoms with Crippen LogP contribution in [0.3, 0.4) is 0 Å². The predicted molar refractivity (Wildman–Crippen MR) is 90.4 cm³/mol. The highest BCUT2D eigenvalue weighted by Gasteiger charge is 2.29. The lowest BCUT2D eigenvalue weighted by Gasteiger charge is -2.26. The van der Waals surface area contributed by atoms with Crippen LogP contribution in [0.25, 0.3) is 0 Å². The van der Waals surface area contributed by atoms with Gasteiger partial charge in [0.25, 0.3) is 5.69 Å². The monoisotopic (exact) mass is 332 g/mol. The zero-order valence-corrected chi connectivity index (χ0v) is 13.6. The van der Waals surface area contributed by atoms with E-state index >= 15 is 0 Å². The summed E-state index contributed by atoms with van der Waals surface area (Å²) in [5.74, 6) is 0. The summed E-state index contributed by atoms with van der Waals surface area (Å²) in [5.41, 5.74) is 0.923. The average Bonchev–Trinajstić information content (AvgIpc) is 3.20. The van der Waals surface area contributed by atoms with Gasteiger partial charge in [-0.05, 0) is 37.3 Å². The van der Waals surface area contributed by atoms with E-state index in [-0.39, 0.29) is 16.7 Å². The average molecular weight is 332 g/mol. The molecular weight excluding hydrogens is 312 g/mol. The topological polar surface area (TPSA) is 66.6 Å². The molecule has 6 heteroatoms. The van der Waals surface area contributed by atoms with E-state index in [0.29, 0.717) is 13.0 Å². The minimum Gasteiger partial charge on any atom is -0.388 e. The van der Waals surface area contributed by atoms with Crippen molar-refractivity contribution >= 4 is 17.0 Å². The molecule has 0 spiro atoms. The molecule has 2 aromatic rings. The van der Waals surface area contributed by atoms with E-state index in [4.69, 9.17) is 0 Å². The van der Waals surface area contributed by atoms with Crippen LogP contribution in [0.2, 0.25) is 0 Å². The smallest absolute Gasteiger partial charge is 0.273 e. The van der Waals surface area contributed by atoms with Crippen LogP contribution < -0.4 is 0 Å². The van der Waals surface area contributed by atoms with Crippen LogP contribution in [0.4, 0.5) is 5.69 Å². The molecule has 5 nitrogen and oxygen atoms in total. The summed E-state index contributed by atoms with van der Waals surface area (Å²) >= 11 is 1.57. The highest BCUT2D eigenvalue weighted by atomic mass is 32.1. The molecule has 122 valence electrons. The second kappa shape index (κ2) is 7.21. The number of rotatable bonds is 6. The van der Waals surface area contributed by atoms with E-state index in [1.807, 2.05) is 29.6 Å². The fourth-order valence-corrected chi connectivity index (χ4v) is 3.99. The summed E-state index contributed by atoms with van der Waals surface area (Å²) in [6, 6.07) is 11.1. The first-order valence-electron chi connectivity index (χ1n) is 7.83. The SMILES string of the molecule is O=[N+]([O-])c1ccccc1CN1CCCC1CC(O)c1cccs1. The molecule has 0 aliphatic carbocycles. The van der Waals surface area contributed by atoms with Crippen molar-refractivity contribution in [3.05, 3.63) is 62.3 Å². The fourth-order valence-electron chi connectivity index (χ4n) is 3.27. The Morgan fingerprint density at radius 3 is 2.91 bits per heavy atom. The van der Waals surface area contributed by atoms with Crippen LogP contribution in [0.1, 0.15) is 35.8 Å². The molecule has 3 rings (SSSR count). The Morgan fingerprint density at radius 1 is 1.35 bits per heavy atom. The standard InChI is InChI=1S/C17H20N2O3S/c20-16(17-8-4-10-23-17)11-14-6-3-9-18(14)12-13-5-1-2-7-15(13)19(21)22/h1-2,4-5,7-8,10,14,16,20H,3,6,9,11-12H2. The summed E-state index contributed by atoms with van der Waals surface area (Å²) < 4.78 is 0. The molecule has 2 unspecified atom stereocenters. The quantitative estimate of drug-likeness (QED) is 0.646. The minimum atomic E-state index is -0.452. The Morgan fingerprint density at radius 2 is 2.17 bits per heavy atom. The van der Waals surface area contributed by atoms with Gasteiger partial charge in [-0.15, -0.1) is 11.3 Å². The number of aliphatic hydroxyl groups excluding tert-OH is 1. The van der Waals surface area contributed by atoms with Crippen molar-refractivity contribution in [2.45, 2.75) is 38.0 Å². The van der Waals surface area contributed by atoms with Crippen molar-refractivity contribution in [2.75, 3.05) is 6.54 Å². The molecule has 1 aromatic carbocycles. The van der Waals surface area contributed by atoms with Gasteiger partial charge >= 0.3 is 0 Å². The molecule has 0 amide bonds. The number of aliphatic hydroxyl groups is 1. The normalized spacial score (nSPS) is 19.8. The van der Waals surface area contributed by atoms with Gasteiger partial charge in [-0.3, -0.25) is 15.0 Å². The fraction of sp³-hybridized carbons (Fsp3) is 0.412. The highest BCUT2D eigenvalue weighted by Crippen LogP contribution is 2.31. The second-order valence-corrected chi connectivity index (χ2v) is 6.90. The zero-order valence-electron chi connectivity index (χ0n) is 12.8. The van der Waals surface area contributed by atoms with Crippen molar-refractivity contribution in [3.8, 4) is 0 Å². The minimum absolute atomic E-state index is 0.178. The van der Waals surface area contributed by atoms with E-state index in [1.165, 1.54) is 0 Å². The van der Waals surface area contributed by atoms with Gasteiger partial charge in [-0.25, -0.2) is 0 Å². The highest BCUT2D eigenvalue weighted by molar-refractivity contribution is 7.10. The van der Waals surface area contributed by atoms with Gasteiger partial charge in [0.05, 0.1) is 11.0 Å². The molecule has 2 heterocycles. The lowest BCUT2D eigenvalue weighted by Crippen LogP contribution is -2.30. The number of para-hydroxylation sites is 1. The van der Waals surface area contributed by atoms with Crippen LogP contribution in [-0.4, -0.2) is 27.5 Å². The predicted octanol–water partition coefficient (Wildman–Crippen LogP) is 3.74. The molecule has 1 fully saturated rings. The molecule has 1 saturated heterocycles. The molecule has 1 aliphatic rings. The number of nitro benzene ring substituents is 1. The number of benzene rings is 1. The van der Waals surface area contributed by atoms with Crippen LogP contribution in [0.15, 0.2) is 41.8 Å². The number of thiophene rings is 1.